The zero-order valence-electron chi connectivity index (χ0n) is 9.47. The van der Waals surface area contributed by atoms with Crippen molar-refractivity contribution in [2.75, 3.05) is 32.2 Å². The van der Waals surface area contributed by atoms with Crippen molar-refractivity contribution in [1.82, 2.24) is 0 Å². The van der Waals surface area contributed by atoms with E-state index in [1.165, 1.54) is 0 Å². The molecule has 1 saturated heterocycles. The Bertz CT molecular complexity index is 386. The van der Waals surface area contributed by atoms with Crippen molar-refractivity contribution in [3.8, 4) is 5.75 Å². The van der Waals surface area contributed by atoms with Crippen molar-refractivity contribution in [2.45, 2.75) is 6.10 Å². The van der Waals surface area contributed by atoms with E-state index in [-0.39, 0.29) is 6.10 Å². The molecule has 0 aromatic heterocycles. The van der Waals surface area contributed by atoms with Crippen LogP contribution >= 0.6 is 0 Å². The minimum Gasteiger partial charge on any atom is -0.495 e. The van der Waals surface area contributed by atoms with Gasteiger partial charge in [-0.3, -0.25) is 4.79 Å². The summed E-state index contributed by atoms with van der Waals surface area (Å²) in [4.78, 5) is 13.1. The van der Waals surface area contributed by atoms with Crippen molar-refractivity contribution in [1.29, 1.82) is 0 Å². The van der Waals surface area contributed by atoms with Crippen LogP contribution < -0.4 is 9.64 Å². The lowest BCUT2D eigenvalue weighted by Crippen LogP contribution is -2.52. The summed E-state index contributed by atoms with van der Waals surface area (Å²) in [6.07, 6.45) is 1.11. The summed E-state index contributed by atoms with van der Waals surface area (Å²) in [7, 11) is 3.31. The fraction of sp³-hybridized carbons (Fsp3) is 0.417. The first-order valence-corrected chi connectivity index (χ1v) is 5.20. The Morgan fingerprint density at radius 3 is 2.69 bits per heavy atom. The Balaban J connectivity index is 2.28. The van der Waals surface area contributed by atoms with E-state index in [1.807, 2.05) is 12.1 Å². The number of benzene rings is 1. The van der Waals surface area contributed by atoms with Gasteiger partial charge in [0, 0.05) is 25.8 Å². The maximum absolute atomic E-state index is 11.0. The van der Waals surface area contributed by atoms with Crippen molar-refractivity contribution in [3.63, 3.8) is 0 Å². The molecule has 0 amide bonds. The van der Waals surface area contributed by atoms with E-state index >= 15 is 0 Å². The Kier molecular flexibility index (Phi) is 3.10. The Morgan fingerprint density at radius 1 is 1.38 bits per heavy atom. The number of carbonyl (C=O) groups is 1. The maximum atomic E-state index is 11.0. The molecule has 0 aliphatic carbocycles. The van der Waals surface area contributed by atoms with E-state index in [1.54, 1.807) is 20.3 Å². The Labute approximate surface area is 94.8 Å². The van der Waals surface area contributed by atoms with Gasteiger partial charge in [-0.05, 0) is 12.1 Å². The van der Waals surface area contributed by atoms with Gasteiger partial charge in [0.25, 0.3) is 0 Å². The van der Waals surface area contributed by atoms with Gasteiger partial charge in [-0.15, -0.1) is 0 Å². The van der Waals surface area contributed by atoms with E-state index in [0.717, 1.165) is 30.8 Å². The van der Waals surface area contributed by atoms with Crippen molar-refractivity contribution in [3.05, 3.63) is 23.8 Å². The molecule has 1 fully saturated rings. The first kappa shape index (κ1) is 11.0. The van der Waals surface area contributed by atoms with Crippen LogP contribution in [-0.2, 0) is 4.74 Å². The zero-order chi connectivity index (χ0) is 11.5. The molecule has 1 heterocycles. The number of para-hydroxylation sites is 1. The van der Waals surface area contributed by atoms with Crippen LogP contribution in [0.5, 0.6) is 5.75 Å². The molecule has 4 nitrogen and oxygen atoms in total. The third-order valence-corrected chi connectivity index (χ3v) is 2.87. The molecule has 86 valence electrons. The zero-order valence-corrected chi connectivity index (χ0v) is 9.47. The predicted molar refractivity (Wildman–Crippen MR) is 61.4 cm³/mol. The van der Waals surface area contributed by atoms with Gasteiger partial charge in [0.1, 0.15) is 5.75 Å². The summed E-state index contributed by atoms with van der Waals surface area (Å²) in [6, 6.07) is 5.48. The van der Waals surface area contributed by atoms with Gasteiger partial charge < -0.3 is 14.4 Å². The van der Waals surface area contributed by atoms with Crippen LogP contribution in [0.15, 0.2) is 18.2 Å². The molecule has 0 unspecified atom stereocenters. The average Bonchev–Trinajstić information content (AvgIpc) is 2.27. The SMILES string of the molecule is COc1cccc(C=O)c1N1CC(OC)C1. The first-order valence-electron chi connectivity index (χ1n) is 5.20. The molecule has 16 heavy (non-hydrogen) atoms. The molecule has 0 radical (unpaired) electrons. The summed E-state index contributed by atoms with van der Waals surface area (Å²) in [5.41, 5.74) is 1.53. The lowest BCUT2D eigenvalue weighted by Gasteiger charge is -2.41. The standard InChI is InChI=1S/C12H15NO3/c1-15-10-6-13(7-10)12-9(8-14)4-3-5-11(12)16-2/h3-5,8,10H,6-7H2,1-2H3. The van der Waals surface area contributed by atoms with E-state index < -0.39 is 0 Å². The van der Waals surface area contributed by atoms with Crippen LogP contribution in [-0.4, -0.2) is 39.7 Å². The van der Waals surface area contributed by atoms with Crippen molar-refractivity contribution >= 4 is 12.0 Å². The van der Waals surface area contributed by atoms with E-state index in [2.05, 4.69) is 4.90 Å². The molecule has 1 aromatic rings. The third kappa shape index (κ3) is 1.76. The molecule has 0 atom stereocenters. The van der Waals surface area contributed by atoms with Crippen LogP contribution in [0.2, 0.25) is 0 Å². The highest BCUT2D eigenvalue weighted by molar-refractivity contribution is 5.88. The molecular formula is C12H15NO3. The highest BCUT2D eigenvalue weighted by Crippen LogP contribution is 2.34. The average molecular weight is 221 g/mol. The highest BCUT2D eigenvalue weighted by atomic mass is 16.5. The van der Waals surface area contributed by atoms with Gasteiger partial charge in [-0.1, -0.05) is 6.07 Å². The number of hydrogen-bond donors (Lipinski definition) is 0. The Hall–Kier alpha value is -1.55. The number of rotatable bonds is 4. The lowest BCUT2D eigenvalue weighted by molar-refractivity contribution is 0.0783. The van der Waals surface area contributed by atoms with Gasteiger partial charge in [0.05, 0.1) is 18.9 Å². The lowest BCUT2D eigenvalue weighted by atomic mass is 10.1. The number of nitrogens with zero attached hydrogens (tertiary/aromatic N) is 1. The summed E-state index contributed by atoms with van der Waals surface area (Å²) in [6.45, 7) is 1.61. The fourth-order valence-electron chi connectivity index (χ4n) is 1.91. The van der Waals surface area contributed by atoms with Crippen LogP contribution in [0, 0.1) is 0 Å². The normalized spacial score (nSPS) is 15.8. The number of ether oxygens (including phenoxy) is 2. The van der Waals surface area contributed by atoms with Gasteiger partial charge in [-0.25, -0.2) is 0 Å². The Morgan fingerprint density at radius 2 is 2.12 bits per heavy atom. The van der Waals surface area contributed by atoms with Gasteiger partial charge >= 0.3 is 0 Å². The quantitative estimate of drug-likeness (QED) is 0.719. The molecule has 0 N–H and O–H groups in total. The number of anilines is 1. The molecule has 2 rings (SSSR count). The number of methoxy groups -OCH3 is 2. The van der Waals surface area contributed by atoms with Gasteiger partial charge in [0.2, 0.25) is 0 Å². The summed E-state index contributed by atoms with van der Waals surface area (Å²) in [5.74, 6) is 0.735. The molecule has 0 bridgehead atoms. The first-order chi connectivity index (χ1) is 7.80. The van der Waals surface area contributed by atoms with Gasteiger partial charge in [-0.2, -0.15) is 0 Å². The van der Waals surface area contributed by atoms with Crippen molar-refractivity contribution < 1.29 is 14.3 Å². The van der Waals surface area contributed by atoms with Crippen molar-refractivity contribution in [2.24, 2.45) is 0 Å². The molecule has 1 aliphatic rings. The number of carbonyl (C=O) groups excluding carboxylic acids is 1. The van der Waals surface area contributed by atoms with Crippen LogP contribution in [0.3, 0.4) is 0 Å². The van der Waals surface area contributed by atoms with Crippen LogP contribution in [0.25, 0.3) is 0 Å². The minimum absolute atomic E-state index is 0.254. The summed E-state index contributed by atoms with van der Waals surface area (Å²) < 4.78 is 10.5. The highest BCUT2D eigenvalue weighted by Gasteiger charge is 2.30. The van der Waals surface area contributed by atoms with E-state index in [4.69, 9.17) is 9.47 Å². The molecule has 0 saturated carbocycles. The van der Waals surface area contributed by atoms with E-state index in [0.29, 0.717) is 5.56 Å². The summed E-state index contributed by atoms with van der Waals surface area (Å²) in [5, 5.41) is 0. The molecule has 4 heteroatoms. The van der Waals surface area contributed by atoms with Crippen LogP contribution in [0.1, 0.15) is 10.4 Å². The topological polar surface area (TPSA) is 38.8 Å². The minimum atomic E-state index is 0.254. The molecule has 0 spiro atoms. The second kappa shape index (κ2) is 4.53. The molecule has 1 aromatic carbocycles. The second-order valence-electron chi connectivity index (χ2n) is 3.78. The monoisotopic (exact) mass is 221 g/mol. The van der Waals surface area contributed by atoms with Gasteiger partial charge in [0.15, 0.2) is 6.29 Å². The smallest absolute Gasteiger partial charge is 0.152 e. The second-order valence-corrected chi connectivity index (χ2v) is 3.78. The number of hydrogen-bond acceptors (Lipinski definition) is 4. The van der Waals surface area contributed by atoms with E-state index in [9.17, 15) is 4.79 Å². The maximum Gasteiger partial charge on any atom is 0.152 e. The molecule has 1 aliphatic heterocycles. The molecular weight excluding hydrogens is 206 g/mol. The third-order valence-electron chi connectivity index (χ3n) is 2.87. The fourth-order valence-corrected chi connectivity index (χ4v) is 1.91. The predicted octanol–water partition coefficient (Wildman–Crippen LogP) is 1.34. The van der Waals surface area contributed by atoms with Crippen LogP contribution in [0.4, 0.5) is 5.69 Å². The number of aldehydes is 1. The summed E-state index contributed by atoms with van der Waals surface area (Å²) >= 11 is 0. The largest absolute Gasteiger partial charge is 0.495 e.